The summed E-state index contributed by atoms with van der Waals surface area (Å²) in [6.07, 6.45) is 2.48. The molecule has 0 spiro atoms. The molecule has 3 heterocycles. The Labute approximate surface area is 198 Å². The first-order chi connectivity index (χ1) is 16.5. The number of halogens is 3. The minimum Gasteiger partial charge on any atom is -0.485 e. The third-order valence-corrected chi connectivity index (χ3v) is 5.21. The van der Waals surface area contributed by atoms with Crippen molar-refractivity contribution in [1.29, 1.82) is 0 Å². The number of amides is 2. The first kappa shape index (κ1) is 23.4. The molecular weight excluding hydrogens is 472 g/mol. The maximum atomic E-state index is 13.0. The van der Waals surface area contributed by atoms with E-state index in [4.69, 9.17) is 21.1 Å². The van der Waals surface area contributed by atoms with E-state index in [1.807, 2.05) is 0 Å². The van der Waals surface area contributed by atoms with Gasteiger partial charge in [0.15, 0.2) is 11.9 Å². The van der Waals surface area contributed by atoms with Crippen LogP contribution in [0.2, 0.25) is 5.02 Å². The lowest BCUT2D eigenvalue weighted by Gasteiger charge is -2.30. The highest BCUT2D eigenvalue weighted by Gasteiger charge is 2.23. The van der Waals surface area contributed by atoms with E-state index in [2.05, 4.69) is 20.5 Å². The monoisotopic (exact) mass is 491 g/mol. The van der Waals surface area contributed by atoms with Crippen LogP contribution in [-0.2, 0) is 0 Å². The third-order valence-electron chi connectivity index (χ3n) is 4.94. The lowest BCUT2D eigenvalue weighted by molar-refractivity contribution is 0.0651. The molecule has 1 aromatic carbocycles. The maximum absolute atomic E-state index is 13.0. The lowest BCUT2D eigenvalue weighted by Crippen LogP contribution is -2.42. The van der Waals surface area contributed by atoms with Crippen molar-refractivity contribution >= 4 is 29.2 Å². The maximum Gasteiger partial charge on any atom is 0.257 e. The van der Waals surface area contributed by atoms with Crippen LogP contribution in [0.25, 0.3) is 0 Å². The van der Waals surface area contributed by atoms with Crippen LogP contribution in [0, 0.1) is 0 Å². The summed E-state index contributed by atoms with van der Waals surface area (Å²) in [5, 5.41) is 9.06. The van der Waals surface area contributed by atoms with E-state index in [-0.39, 0.29) is 39.7 Å². The van der Waals surface area contributed by atoms with Gasteiger partial charge in [-0.3, -0.25) is 14.7 Å². The molecule has 1 saturated heterocycles. The molecule has 0 saturated carbocycles. The second-order valence-electron chi connectivity index (χ2n) is 7.41. The average Bonchev–Trinajstić information content (AvgIpc) is 3.30. The van der Waals surface area contributed by atoms with Crippen LogP contribution in [0.1, 0.15) is 27.1 Å². The molecule has 1 fully saturated rings. The molecule has 2 aromatic heterocycles. The molecule has 2 amide bonds. The van der Waals surface area contributed by atoms with Gasteiger partial charge in [-0.05, 0) is 24.6 Å². The fraction of sp³-hybridized carbons (Fsp3) is 0.273. The summed E-state index contributed by atoms with van der Waals surface area (Å²) in [7, 11) is 0. The van der Waals surface area contributed by atoms with Crippen LogP contribution in [0.3, 0.4) is 0 Å². The molecule has 9 nitrogen and oxygen atoms in total. The van der Waals surface area contributed by atoms with Gasteiger partial charge in [0.2, 0.25) is 5.88 Å². The van der Waals surface area contributed by atoms with E-state index in [0.29, 0.717) is 18.7 Å². The molecular formula is C22H20ClF2N5O4. The van der Waals surface area contributed by atoms with Crippen molar-refractivity contribution in [3.8, 4) is 17.4 Å². The summed E-state index contributed by atoms with van der Waals surface area (Å²) in [4.78, 5) is 30.8. The standard InChI is InChI=1S/C22H20ClF2N5O4/c23-18-8-14(22(32)30-4-1-5-30)12-26-21(18)34-16-7-13(20(31)28-19-2-3-27-29-19)6-15(9-16)33-17(10-24)11-25/h2-3,6-9,12,17H,1,4-5,10-11H2,(H2,27,28,29,31). The average molecular weight is 492 g/mol. The van der Waals surface area contributed by atoms with Crippen LogP contribution in [0.5, 0.6) is 17.4 Å². The minimum absolute atomic E-state index is 0.00526. The number of nitrogens with zero attached hydrogens (tertiary/aromatic N) is 3. The van der Waals surface area contributed by atoms with Gasteiger partial charge in [-0.25, -0.2) is 13.8 Å². The van der Waals surface area contributed by atoms with Gasteiger partial charge >= 0.3 is 0 Å². The number of rotatable bonds is 9. The minimum atomic E-state index is -1.34. The molecule has 2 N–H and O–H groups in total. The van der Waals surface area contributed by atoms with Crippen molar-refractivity contribution in [1.82, 2.24) is 20.1 Å². The quantitative estimate of drug-likeness (QED) is 0.467. The molecule has 1 aliphatic rings. The molecule has 34 heavy (non-hydrogen) atoms. The summed E-state index contributed by atoms with van der Waals surface area (Å²) < 4.78 is 37.0. The van der Waals surface area contributed by atoms with E-state index >= 15 is 0 Å². The van der Waals surface area contributed by atoms with Gasteiger partial charge in [-0.15, -0.1) is 0 Å². The van der Waals surface area contributed by atoms with Gasteiger partial charge in [0, 0.05) is 43.2 Å². The van der Waals surface area contributed by atoms with E-state index in [0.717, 1.165) is 6.42 Å². The number of hydrogen-bond acceptors (Lipinski definition) is 6. The Kier molecular flexibility index (Phi) is 7.21. The summed E-state index contributed by atoms with van der Waals surface area (Å²) in [5.41, 5.74) is 0.398. The number of nitrogens with one attached hydrogen (secondary N) is 2. The van der Waals surface area contributed by atoms with Gasteiger partial charge in [0.05, 0.1) is 5.56 Å². The zero-order valence-electron chi connectivity index (χ0n) is 17.8. The summed E-state index contributed by atoms with van der Waals surface area (Å²) in [6, 6.07) is 7.03. The number of hydrogen-bond donors (Lipinski definition) is 2. The van der Waals surface area contributed by atoms with Crippen molar-refractivity contribution < 1.29 is 27.8 Å². The van der Waals surface area contributed by atoms with Crippen molar-refractivity contribution in [2.75, 3.05) is 31.8 Å². The SMILES string of the molecule is O=C(Nc1cc[nH]n1)c1cc(Oc2ncc(C(=O)N3CCC3)cc2Cl)cc(OC(CF)CF)c1. The molecule has 1 aliphatic heterocycles. The number of carbonyl (C=O) groups is 2. The fourth-order valence-corrected chi connectivity index (χ4v) is 3.28. The smallest absolute Gasteiger partial charge is 0.257 e. The first-order valence-corrected chi connectivity index (χ1v) is 10.7. The lowest BCUT2D eigenvalue weighted by atomic mass is 10.1. The molecule has 0 radical (unpaired) electrons. The summed E-state index contributed by atoms with van der Waals surface area (Å²) in [6.45, 7) is -0.751. The Hall–Kier alpha value is -3.73. The number of carbonyl (C=O) groups excluding carboxylic acids is 2. The van der Waals surface area contributed by atoms with Gasteiger partial charge < -0.3 is 19.7 Å². The Morgan fingerprint density at radius 2 is 1.91 bits per heavy atom. The molecule has 12 heteroatoms. The van der Waals surface area contributed by atoms with Crippen LogP contribution < -0.4 is 14.8 Å². The highest BCUT2D eigenvalue weighted by molar-refractivity contribution is 6.32. The van der Waals surface area contributed by atoms with Crippen LogP contribution >= 0.6 is 11.6 Å². The number of aromatic amines is 1. The first-order valence-electron chi connectivity index (χ1n) is 10.3. The summed E-state index contributed by atoms with van der Waals surface area (Å²) >= 11 is 6.28. The zero-order chi connectivity index (χ0) is 24.1. The van der Waals surface area contributed by atoms with Gasteiger partial charge in [0.25, 0.3) is 11.8 Å². The predicted octanol–water partition coefficient (Wildman–Crippen LogP) is 4.04. The number of likely N-dealkylation sites (tertiary alicyclic amines) is 1. The highest BCUT2D eigenvalue weighted by Crippen LogP contribution is 2.32. The van der Waals surface area contributed by atoms with Crippen molar-refractivity contribution in [2.24, 2.45) is 0 Å². The normalized spacial score (nSPS) is 12.9. The van der Waals surface area contributed by atoms with Crippen molar-refractivity contribution in [3.63, 3.8) is 0 Å². The van der Waals surface area contributed by atoms with Gasteiger partial charge in [-0.2, -0.15) is 5.10 Å². The molecule has 0 atom stereocenters. The number of benzene rings is 1. The molecule has 0 unspecified atom stereocenters. The second-order valence-corrected chi connectivity index (χ2v) is 7.82. The molecule has 4 rings (SSSR count). The number of alkyl halides is 2. The Balaban J connectivity index is 1.59. The molecule has 0 bridgehead atoms. The molecule has 3 aromatic rings. The number of pyridine rings is 1. The number of aromatic nitrogens is 3. The topological polar surface area (TPSA) is 109 Å². The highest BCUT2D eigenvalue weighted by atomic mass is 35.5. The van der Waals surface area contributed by atoms with Gasteiger partial charge in [0.1, 0.15) is 29.9 Å². The Bertz CT molecular complexity index is 1170. The van der Waals surface area contributed by atoms with Crippen molar-refractivity contribution in [3.05, 3.63) is 58.9 Å². The van der Waals surface area contributed by atoms with E-state index in [1.54, 1.807) is 11.0 Å². The summed E-state index contributed by atoms with van der Waals surface area (Å²) in [5.74, 6) is -0.401. The second kappa shape index (κ2) is 10.5. The number of ether oxygens (including phenoxy) is 2. The van der Waals surface area contributed by atoms with Gasteiger partial charge in [-0.1, -0.05) is 11.6 Å². The molecule has 178 valence electrons. The van der Waals surface area contributed by atoms with Crippen LogP contribution in [-0.4, -0.2) is 64.4 Å². The fourth-order valence-electron chi connectivity index (χ4n) is 3.08. The predicted molar refractivity (Wildman–Crippen MR) is 119 cm³/mol. The largest absolute Gasteiger partial charge is 0.485 e. The van der Waals surface area contributed by atoms with Crippen molar-refractivity contribution in [2.45, 2.75) is 12.5 Å². The van der Waals surface area contributed by atoms with E-state index < -0.39 is 25.4 Å². The molecule has 0 aliphatic carbocycles. The number of H-pyrrole nitrogens is 1. The van der Waals surface area contributed by atoms with E-state index in [9.17, 15) is 18.4 Å². The number of anilines is 1. The Morgan fingerprint density at radius 1 is 1.15 bits per heavy atom. The zero-order valence-corrected chi connectivity index (χ0v) is 18.5. The van der Waals surface area contributed by atoms with Crippen LogP contribution in [0.15, 0.2) is 42.7 Å². The third kappa shape index (κ3) is 5.42. The van der Waals surface area contributed by atoms with E-state index in [1.165, 1.54) is 36.7 Å². The van der Waals surface area contributed by atoms with Crippen LogP contribution in [0.4, 0.5) is 14.6 Å². The Morgan fingerprint density at radius 3 is 2.53 bits per heavy atom.